The SMILES string of the molecule is CCC(C)C(NC(=O)OC)C(=O)N1CCCC1c1ncc(-c2ccc3nc(-c4ccc5nc(C6CCCN6C(=O)C(NC(=O)OC)C(C)CC)[nH]c5c4)ccc3c2)[nH]1. The van der Waals surface area contributed by atoms with Crippen molar-refractivity contribution in [3.8, 4) is 22.5 Å². The summed E-state index contributed by atoms with van der Waals surface area (Å²) in [6.07, 6.45) is 5.24. The number of nitrogens with one attached hydrogen (secondary N) is 4. The highest BCUT2D eigenvalue weighted by Gasteiger charge is 2.39. The summed E-state index contributed by atoms with van der Waals surface area (Å²) in [4.78, 5) is 77.0. The van der Waals surface area contributed by atoms with Gasteiger partial charge in [0.1, 0.15) is 23.7 Å². The minimum absolute atomic E-state index is 0.0627. The van der Waals surface area contributed by atoms with Crippen LogP contribution in [0.2, 0.25) is 0 Å². The summed E-state index contributed by atoms with van der Waals surface area (Å²) in [6.45, 7) is 9.07. The van der Waals surface area contributed by atoms with E-state index in [2.05, 4.69) is 32.7 Å². The van der Waals surface area contributed by atoms with E-state index in [1.807, 2.05) is 73.9 Å². The number of fused-ring (bicyclic) bond motifs is 2. The Morgan fingerprint density at radius 2 is 1.33 bits per heavy atom. The van der Waals surface area contributed by atoms with Gasteiger partial charge in [-0.3, -0.25) is 9.59 Å². The summed E-state index contributed by atoms with van der Waals surface area (Å²) >= 11 is 0. The van der Waals surface area contributed by atoms with E-state index in [-0.39, 0.29) is 35.7 Å². The highest BCUT2D eigenvalue weighted by Crippen LogP contribution is 2.36. The first-order chi connectivity index (χ1) is 28.0. The number of ether oxygens (including phenoxy) is 2. The second kappa shape index (κ2) is 17.2. The lowest BCUT2D eigenvalue weighted by Crippen LogP contribution is -2.51. The summed E-state index contributed by atoms with van der Waals surface area (Å²) in [5.41, 5.74) is 6.01. The molecule has 2 fully saturated rings. The zero-order chi connectivity index (χ0) is 41.1. The molecule has 3 aromatic heterocycles. The van der Waals surface area contributed by atoms with E-state index in [9.17, 15) is 19.2 Å². The molecule has 0 radical (unpaired) electrons. The van der Waals surface area contributed by atoms with Gasteiger partial charge in [-0.05, 0) is 67.9 Å². The number of methoxy groups -OCH3 is 2. The molecule has 7 rings (SSSR count). The van der Waals surface area contributed by atoms with E-state index in [1.54, 1.807) is 6.20 Å². The molecule has 5 aromatic rings. The maximum atomic E-state index is 13.8. The van der Waals surface area contributed by atoms with Gasteiger partial charge in [-0.2, -0.15) is 0 Å². The molecule has 0 aliphatic carbocycles. The minimum atomic E-state index is -0.687. The summed E-state index contributed by atoms with van der Waals surface area (Å²) < 4.78 is 9.62. The van der Waals surface area contributed by atoms with Crippen LogP contribution in [-0.4, -0.2) is 98.1 Å². The monoisotopic (exact) mass is 791 g/mol. The van der Waals surface area contributed by atoms with Crippen molar-refractivity contribution in [3.05, 3.63) is 66.4 Å². The third-order valence-electron chi connectivity index (χ3n) is 12.0. The summed E-state index contributed by atoms with van der Waals surface area (Å²) in [5, 5.41) is 6.47. The first kappa shape index (κ1) is 40.2. The molecule has 4 N–H and O–H groups in total. The number of amides is 4. The molecule has 0 saturated carbocycles. The second-order valence-corrected chi connectivity index (χ2v) is 15.5. The standard InChI is InChI=1S/C43H53N9O6/c1-7-24(3)36(49-42(55)57-5)40(53)51-19-9-11-34(51)38-44-23-33(48-38)27-14-17-29-26(21-27)13-16-30(45-29)28-15-18-31-32(22-28)47-39(46-31)35-12-10-20-52(35)41(54)37(25(4)8-2)50-43(56)58-6/h13-18,21-25,34-37H,7-12,19-20H2,1-6H3,(H,44,48)(H,46,47)(H,49,55)(H,50,56). The minimum Gasteiger partial charge on any atom is -0.453 e. The zero-order valence-electron chi connectivity index (χ0n) is 34.0. The second-order valence-electron chi connectivity index (χ2n) is 15.5. The van der Waals surface area contributed by atoms with Crippen molar-refractivity contribution in [2.75, 3.05) is 27.3 Å². The Hall–Kier alpha value is -5.99. The third kappa shape index (κ3) is 8.07. The third-order valence-corrected chi connectivity index (χ3v) is 12.0. The van der Waals surface area contributed by atoms with Crippen molar-refractivity contribution >= 4 is 45.9 Å². The van der Waals surface area contributed by atoms with Gasteiger partial charge in [0.15, 0.2) is 0 Å². The molecule has 6 atom stereocenters. The molecule has 58 heavy (non-hydrogen) atoms. The van der Waals surface area contributed by atoms with Crippen molar-refractivity contribution < 1.29 is 28.7 Å². The maximum absolute atomic E-state index is 13.8. The predicted octanol–water partition coefficient (Wildman–Crippen LogP) is 7.04. The van der Waals surface area contributed by atoms with Gasteiger partial charge in [-0.1, -0.05) is 58.7 Å². The number of benzene rings is 2. The highest BCUT2D eigenvalue weighted by atomic mass is 16.5. The molecule has 0 spiro atoms. The number of hydrogen-bond acceptors (Lipinski definition) is 9. The Morgan fingerprint density at radius 3 is 1.93 bits per heavy atom. The fourth-order valence-corrected chi connectivity index (χ4v) is 8.18. The van der Waals surface area contributed by atoms with Crippen LogP contribution in [0.3, 0.4) is 0 Å². The van der Waals surface area contributed by atoms with Crippen molar-refractivity contribution in [2.45, 2.75) is 90.4 Å². The van der Waals surface area contributed by atoms with Gasteiger partial charge >= 0.3 is 12.2 Å². The van der Waals surface area contributed by atoms with Crippen LogP contribution in [-0.2, 0) is 19.1 Å². The number of H-pyrrole nitrogens is 2. The molecule has 2 saturated heterocycles. The van der Waals surface area contributed by atoms with Crippen molar-refractivity contribution in [1.29, 1.82) is 0 Å². The van der Waals surface area contributed by atoms with E-state index in [0.717, 1.165) is 88.8 Å². The average molecular weight is 792 g/mol. The first-order valence-electron chi connectivity index (χ1n) is 20.3. The lowest BCUT2D eigenvalue weighted by atomic mass is 9.97. The molecule has 5 heterocycles. The molecule has 306 valence electrons. The molecule has 2 aliphatic heterocycles. The van der Waals surface area contributed by atoms with Crippen LogP contribution in [0.15, 0.2) is 54.7 Å². The number of carbonyl (C=O) groups excluding carboxylic acids is 4. The molecule has 4 amide bonds. The van der Waals surface area contributed by atoms with Crippen LogP contribution in [0.4, 0.5) is 9.59 Å². The van der Waals surface area contributed by atoms with Crippen molar-refractivity contribution in [1.82, 2.24) is 45.4 Å². The van der Waals surface area contributed by atoms with Gasteiger partial charge in [-0.25, -0.2) is 24.5 Å². The molecule has 2 aliphatic rings. The molecule has 6 unspecified atom stereocenters. The smallest absolute Gasteiger partial charge is 0.407 e. The van der Waals surface area contributed by atoms with Gasteiger partial charge in [0.05, 0.1) is 60.4 Å². The van der Waals surface area contributed by atoms with E-state index in [1.165, 1.54) is 14.2 Å². The van der Waals surface area contributed by atoms with Crippen LogP contribution in [0, 0.1) is 11.8 Å². The van der Waals surface area contributed by atoms with Crippen LogP contribution < -0.4 is 10.6 Å². The lowest BCUT2D eigenvalue weighted by Gasteiger charge is -2.30. The van der Waals surface area contributed by atoms with E-state index >= 15 is 0 Å². The predicted molar refractivity (Wildman–Crippen MR) is 219 cm³/mol. The number of rotatable bonds is 12. The summed E-state index contributed by atoms with van der Waals surface area (Å²) in [7, 11) is 2.60. The number of likely N-dealkylation sites (tertiary alicyclic amines) is 2. The molecular formula is C43H53N9O6. The Balaban J connectivity index is 1.07. The van der Waals surface area contributed by atoms with Crippen molar-refractivity contribution in [3.63, 3.8) is 0 Å². The summed E-state index contributed by atoms with van der Waals surface area (Å²) in [5.74, 6) is 1.04. The summed E-state index contributed by atoms with van der Waals surface area (Å²) in [6, 6.07) is 14.3. The van der Waals surface area contributed by atoms with Gasteiger partial charge in [-0.15, -0.1) is 0 Å². The molecule has 0 bridgehead atoms. The number of imidazole rings is 2. The average Bonchev–Trinajstić information content (AvgIpc) is 4.09. The first-order valence-corrected chi connectivity index (χ1v) is 20.3. The Morgan fingerprint density at radius 1 is 0.741 bits per heavy atom. The van der Waals surface area contributed by atoms with Gasteiger partial charge in [0.2, 0.25) is 11.8 Å². The van der Waals surface area contributed by atoms with Crippen LogP contribution in [0.1, 0.15) is 90.0 Å². The van der Waals surface area contributed by atoms with E-state index in [4.69, 9.17) is 24.4 Å². The number of alkyl carbamates (subject to hydrolysis) is 2. The number of hydrogen-bond donors (Lipinski definition) is 4. The topological polar surface area (TPSA) is 188 Å². The zero-order valence-corrected chi connectivity index (χ0v) is 34.0. The van der Waals surface area contributed by atoms with E-state index < -0.39 is 24.3 Å². The van der Waals surface area contributed by atoms with Crippen LogP contribution >= 0.6 is 0 Å². The fourth-order valence-electron chi connectivity index (χ4n) is 8.18. The van der Waals surface area contributed by atoms with Crippen LogP contribution in [0.5, 0.6) is 0 Å². The molecule has 15 nitrogen and oxygen atoms in total. The molecular weight excluding hydrogens is 739 g/mol. The molecule has 2 aromatic carbocycles. The number of carbonyl (C=O) groups is 4. The van der Waals surface area contributed by atoms with Gasteiger partial charge < -0.3 is 39.9 Å². The molecule has 15 heteroatoms. The largest absolute Gasteiger partial charge is 0.453 e. The lowest BCUT2D eigenvalue weighted by molar-refractivity contribution is -0.136. The van der Waals surface area contributed by atoms with Gasteiger partial charge in [0.25, 0.3) is 0 Å². The Kier molecular flexibility index (Phi) is 12.0. The van der Waals surface area contributed by atoms with Crippen molar-refractivity contribution in [2.24, 2.45) is 11.8 Å². The number of pyridine rings is 1. The highest BCUT2D eigenvalue weighted by molar-refractivity contribution is 5.89. The quantitative estimate of drug-likeness (QED) is 0.103. The Labute approximate surface area is 337 Å². The Bertz CT molecular complexity index is 2300. The van der Waals surface area contributed by atoms with Crippen LogP contribution in [0.25, 0.3) is 44.5 Å². The number of aromatic amines is 2. The number of aromatic nitrogens is 5. The van der Waals surface area contributed by atoms with Gasteiger partial charge in [0, 0.05) is 29.6 Å². The number of nitrogens with zero attached hydrogens (tertiary/aromatic N) is 5. The fraction of sp³-hybridized carbons (Fsp3) is 0.465. The maximum Gasteiger partial charge on any atom is 0.407 e. The van der Waals surface area contributed by atoms with E-state index in [0.29, 0.717) is 18.9 Å². The normalized spacial score (nSPS) is 18.9.